The molecule has 0 aliphatic carbocycles. The first-order valence-corrected chi connectivity index (χ1v) is 6.89. The monoisotopic (exact) mass is 372 g/mol. The van der Waals surface area contributed by atoms with Crippen LogP contribution in [0, 0.1) is 5.82 Å². The molecular weight excluding hydrogens is 360 g/mol. The van der Waals surface area contributed by atoms with Gasteiger partial charge in [-0.3, -0.25) is 14.4 Å². The molecule has 26 heavy (non-hydrogen) atoms. The molecule has 1 aromatic heterocycles. The van der Waals surface area contributed by atoms with Crippen molar-refractivity contribution in [2.45, 2.75) is 6.18 Å². The first-order valence-electron chi connectivity index (χ1n) is 6.89. The quantitative estimate of drug-likeness (QED) is 0.468. The maximum atomic E-state index is 14.4. The molecule has 0 unspecified atom stereocenters. The van der Waals surface area contributed by atoms with Gasteiger partial charge in [-0.05, 0) is 12.8 Å². The molecule has 0 bridgehead atoms. The Morgan fingerprint density at radius 1 is 1.23 bits per heavy atom. The summed E-state index contributed by atoms with van der Waals surface area (Å²) < 4.78 is 53.5. The van der Waals surface area contributed by atoms with Gasteiger partial charge in [-0.15, -0.1) is 0 Å². The standard InChI is InChI=1S/C15H12F4N4O3/c1-20-10-5-9(16)11(4-8(10)7-21-26-3)23-13(24)6-12(15(17,18)19)22(2)14(23)25/h4-7H,1H2,2-3H3/b21-7+. The zero-order chi connectivity index (χ0) is 19.6. The zero-order valence-electron chi connectivity index (χ0n) is 13.5. The summed E-state index contributed by atoms with van der Waals surface area (Å²) in [6.07, 6.45) is -3.80. The van der Waals surface area contributed by atoms with Crippen molar-refractivity contribution in [2.24, 2.45) is 17.2 Å². The molecule has 7 nitrogen and oxygen atoms in total. The van der Waals surface area contributed by atoms with Gasteiger partial charge in [0.1, 0.15) is 18.6 Å². The number of alkyl halides is 3. The molecule has 0 saturated carbocycles. The predicted molar refractivity (Wildman–Crippen MR) is 86.1 cm³/mol. The molecule has 2 rings (SSSR count). The van der Waals surface area contributed by atoms with Gasteiger partial charge in [0.05, 0.1) is 17.6 Å². The lowest BCUT2D eigenvalue weighted by Crippen LogP contribution is -2.41. The molecule has 0 aliphatic heterocycles. The smallest absolute Gasteiger partial charge is 0.399 e. The summed E-state index contributed by atoms with van der Waals surface area (Å²) in [4.78, 5) is 32.4. The Kier molecular flexibility index (Phi) is 5.10. The summed E-state index contributed by atoms with van der Waals surface area (Å²) in [5.74, 6) is -1.05. The number of rotatable bonds is 4. The Hall–Kier alpha value is -3.24. The Morgan fingerprint density at radius 2 is 1.88 bits per heavy atom. The minimum atomic E-state index is -4.92. The van der Waals surface area contributed by atoms with Crippen LogP contribution in [0.25, 0.3) is 5.69 Å². The van der Waals surface area contributed by atoms with Crippen molar-refractivity contribution in [2.75, 3.05) is 7.11 Å². The summed E-state index contributed by atoms with van der Waals surface area (Å²) in [6.45, 7) is 3.25. The molecule has 138 valence electrons. The molecular formula is C15H12F4N4O3. The van der Waals surface area contributed by atoms with Gasteiger partial charge in [-0.2, -0.15) is 13.2 Å². The van der Waals surface area contributed by atoms with Crippen LogP contribution in [0.2, 0.25) is 0 Å². The molecule has 0 N–H and O–H groups in total. The second-order valence-electron chi connectivity index (χ2n) is 4.98. The normalized spacial score (nSPS) is 11.8. The largest absolute Gasteiger partial charge is 0.431 e. The molecule has 0 saturated heterocycles. The van der Waals surface area contributed by atoms with Crippen molar-refractivity contribution in [3.63, 3.8) is 0 Å². The molecule has 11 heteroatoms. The number of hydrogen-bond acceptors (Lipinski definition) is 5. The topological polar surface area (TPSA) is 78.0 Å². The number of halogens is 4. The van der Waals surface area contributed by atoms with Gasteiger partial charge in [0.25, 0.3) is 5.56 Å². The number of hydrogen-bond donors (Lipinski definition) is 0. The van der Waals surface area contributed by atoms with Crippen LogP contribution in [-0.2, 0) is 18.1 Å². The Labute approximate surface area is 143 Å². The highest BCUT2D eigenvalue weighted by atomic mass is 19.4. The van der Waals surface area contributed by atoms with E-state index in [2.05, 4.69) is 21.7 Å². The van der Waals surface area contributed by atoms with Crippen LogP contribution in [0.15, 0.2) is 37.9 Å². The molecule has 0 amide bonds. The van der Waals surface area contributed by atoms with E-state index in [0.29, 0.717) is 0 Å². The molecule has 1 aromatic carbocycles. The third kappa shape index (κ3) is 3.41. The number of oxime groups is 1. The van der Waals surface area contributed by atoms with Crippen molar-refractivity contribution in [3.8, 4) is 5.69 Å². The molecule has 0 spiro atoms. The van der Waals surface area contributed by atoms with Crippen molar-refractivity contribution in [1.29, 1.82) is 0 Å². The lowest BCUT2D eigenvalue weighted by atomic mass is 10.1. The van der Waals surface area contributed by atoms with E-state index in [-0.39, 0.29) is 26.5 Å². The van der Waals surface area contributed by atoms with Gasteiger partial charge in [-0.1, -0.05) is 5.16 Å². The van der Waals surface area contributed by atoms with Gasteiger partial charge >= 0.3 is 11.9 Å². The predicted octanol–water partition coefficient (Wildman–Crippen LogP) is 2.01. The summed E-state index contributed by atoms with van der Waals surface area (Å²) in [6, 6.07) is 2.10. The second kappa shape index (κ2) is 6.94. The third-order valence-electron chi connectivity index (χ3n) is 3.42. The van der Waals surface area contributed by atoms with E-state index < -0.39 is 34.6 Å². The number of nitrogens with zero attached hydrogens (tertiary/aromatic N) is 4. The highest BCUT2D eigenvalue weighted by molar-refractivity contribution is 5.87. The van der Waals surface area contributed by atoms with Crippen LogP contribution in [0.1, 0.15) is 11.3 Å². The summed E-state index contributed by atoms with van der Waals surface area (Å²) in [5.41, 5.74) is -4.55. The minimum Gasteiger partial charge on any atom is -0.399 e. The van der Waals surface area contributed by atoms with E-state index in [1.807, 2.05) is 0 Å². The van der Waals surface area contributed by atoms with Gasteiger partial charge < -0.3 is 4.84 Å². The Morgan fingerprint density at radius 3 is 2.42 bits per heavy atom. The van der Waals surface area contributed by atoms with Crippen molar-refractivity contribution in [3.05, 3.63) is 56.1 Å². The number of aliphatic imine (C=N–C) groups is 1. The van der Waals surface area contributed by atoms with E-state index in [1.165, 1.54) is 7.11 Å². The SMILES string of the molecule is C=Nc1cc(F)c(-n2c(=O)cc(C(F)(F)F)n(C)c2=O)cc1/C=N/OC. The van der Waals surface area contributed by atoms with E-state index in [9.17, 15) is 27.2 Å². The fourth-order valence-electron chi connectivity index (χ4n) is 2.21. The molecule has 1 heterocycles. The summed E-state index contributed by atoms with van der Waals surface area (Å²) >= 11 is 0. The summed E-state index contributed by atoms with van der Waals surface area (Å²) in [7, 11) is 2.07. The van der Waals surface area contributed by atoms with E-state index in [1.54, 1.807) is 0 Å². The van der Waals surface area contributed by atoms with Crippen LogP contribution in [-0.4, -0.2) is 29.2 Å². The highest BCUT2D eigenvalue weighted by Gasteiger charge is 2.35. The lowest BCUT2D eigenvalue weighted by molar-refractivity contribution is -0.144. The zero-order valence-corrected chi connectivity index (χ0v) is 13.5. The van der Waals surface area contributed by atoms with Crippen molar-refractivity contribution in [1.82, 2.24) is 9.13 Å². The second-order valence-corrected chi connectivity index (χ2v) is 4.98. The van der Waals surface area contributed by atoms with Gasteiger partial charge in [0.15, 0.2) is 0 Å². The number of benzene rings is 1. The molecule has 2 aromatic rings. The average Bonchev–Trinajstić information content (AvgIpc) is 2.56. The van der Waals surface area contributed by atoms with Crippen LogP contribution >= 0.6 is 0 Å². The van der Waals surface area contributed by atoms with E-state index in [4.69, 9.17) is 0 Å². The fraction of sp³-hybridized carbons (Fsp3) is 0.200. The Balaban J connectivity index is 2.83. The van der Waals surface area contributed by atoms with Crippen LogP contribution in [0.3, 0.4) is 0 Å². The van der Waals surface area contributed by atoms with Crippen LogP contribution < -0.4 is 11.2 Å². The highest BCUT2D eigenvalue weighted by Crippen LogP contribution is 2.27. The summed E-state index contributed by atoms with van der Waals surface area (Å²) in [5, 5.41) is 3.47. The van der Waals surface area contributed by atoms with Gasteiger partial charge in [-0.25, -0.2) is 13.8 Å². The fourth-order valence-corrected chi connectivity index (χ4v) is 2.21. The van der Waals surface area contributed by atoms with E-state index in [0.717, 1.165) is 25.4 Å². The van der Waals surface area contributed by atoms with Crippen LogP contribution in [0.4, 0.5) is 23.2 Å². The third-order valence-corrected chi connectivity index (χ3v) is 3.42. The first kappa shape index (κ1) is 19.1. The molecule has 0 atom stereocenters. The van der Waals surface area contributed by atoms with Crippen molar-refractivity contribution >= 4 is 18.6 Å². The van der Waals surface area contributed by atoms with Crippen LogP contribution in [0.5, 0.6) is 0 Å². The maximum Gasteiger partial charge on any atom is 0.431 e. The molecule has 0 radical (unpaired) electrons. The minimum absolute atomic E-state index is 0.0313. The maximum absolute atomic E-state index is 14.4. The van der Waals surface area contributed by atoms with Crippen molar-refractivity contribution < 1.29 is 22.4 Å². The van der Waals surface area contributed by atoms with Gasteiger partial charge in [0, 0.05) is 24.7 Å². The first-order chi connectivity index (χ1) is 12.1. The lowest BCUT2D eigenvalue weighted by Gasteiger charge is -2.15. The number of aromatic nitrogens is 2. The van der Waals surface area contributed by atoms with Gasteiger partial charge in [0.2, 0.25) is 0 Å². The molecule has 0 aliphatic rings. The van der Waals surface area contributed by atoms with E-state index >= 15 is 0 Å². The average molecular weight is 372 g/mol. The molecule has 0 fully saturated rings. The Bertz CT molecular complexity index is 1010.